The molecule has 1 atom stereocenters. The molecule has 4 rings (SSSR count). The Morgan fingerprint density at radius 3 is 2.31 bits per heavy atom. The number of nitrogens with zero attached hydrogens (tertiary/aromatic N) is 3. The maximum absolute atomic E-state index is 13.4. The summed E-state index contributed by atoms with van der Waals surface area (Å²) in [5.74, 6) is 0.460. The fraction of sp³-hybridized carbons (Fsp3) is 0.346. The Kier molecular flexibility index (Phi) is 5.87. The Morgan fingerprint density at radius 2 is 1.69 bits per heavy atom. The number of aromatic nitrogens is 3. The average molecular weight is 431 g/mol. The van der Waals surface area contributed by atoms with Gasteiger partial charge >= 0.3 is 0 Å². The molecule has 0 aliphatic rings. The standard InChI is InChI=1S/C26H30N4O2/c1-6-18-10-9-11-19(7-2)24(18)27-25(31)21(8-3)30-26(32)23-15-20-14-16(4)12-13-22(20)29(23)17(5)28-30/h9-15,21H,6-8H2,1-5H3,(H,27,31). The largest absolute Gasteiger partial charge is 0.324 e. The number of benzene rings is 2. The first-order chi connectivity index (χ1) is 15.4. The molecule has 2 aromatic heterocycles. The topological polar surface area (TPSA) is 68.4 Å². The van der Waals surface area contributed by atoms with Crippen LogP contribution in [-0.4, -0.2) is 20.1 Å². The lowest BCUT2D eigenvalue weighted by Crippen LogP contribution is -2.36. The molecule has 0 aliphatic carbocycles. The van der Waals surface area contributed by atoms with Crippen molar-refractivity contribution in [1.82, 2.24) is 14.2 Å². The van der Waals surface area contributed by atoms with Crippen LogP contribution in [0.1, 0.15) is 55.7 Å². The van der Waals surface area contributed by atoms with Crippen LogP contribution in [0.25, 0.3) is 16.4 Å². The highest BCUT2D eigenvalue weighted by atomic mass is 16.2. The van der Waals surface area contributed by atoms with Gasteiger partial charge in [-0.05, 0) is 62.4 Å². The van der Waals surface area contributed by atoms with Gasteiger partial charge in [0.25, 0.3) is 5.56 Å². The van der Waals surface area contributed by atoms with Gasteiger partial charge in [0, 0.05) is 11.1 Å². The number of nitrogens with one attached hydrogen (secondary N) is 1. The van der Waals surface area contributed by atoms with Gasteiger partial charge in [-0.3, -0.25) is 14.0 Å². The van der Waals surface area contributed by atoms with Crippen LogP contribution in [0.2, 0.25) is 0 Å². The number of amides is 1. The van der Waals surface area contributed by atoms with Crippen LogP contribution in [0, 0.1) is 13.8 Å². The molecule has 166 valence electrons. The first kappa shape index (κ1) is 21.8. The lowest BCUT2D eigenvalue weighted by Gasteiger charge is -2.20. The van der Waals surface area contributed by atoms with Crippen molar-refractivity contribution in [3.63, 3.8) is 0 Å². The first-order valence-electron chi connectivity index (χ1n) is 11.3. The van der Waals surface area contributed by atoms with Gasteiger partial charge in [-0.15, -0.1) is 0 Å². The molecule has 1 N–H and O–H groups in total. The molecule has 32 heavy (non-hydrogen) atoms. The number of rotatable bonds is 6. The van der Waals surface area contributed by atoms with Crippen LogP contribution in [-0.2, 0) is 17.6 Å². The fourth-order valence-electron chi connectivity index (χ4n) is 4.49. The van der Waals surface area contributed by atoms with Crippen LogP contribution >= 0.6 is 0 Å². The van der Waals surface area contributed by atoms with E-state index in [4.69, 9.17) is 0 Å². The SMILES string of the molecule is CCc1cccc(CC)c1NC(=O)C(CC)n1nc(C)n2c(cc3cc(C)ccc32)c1=O. The van der Waals surface area contributed by atoms with Gasteiger partial charge in [0.05, 0.1) is 5.52 Å². The summed E-state index contributed by atoms with van der Waals surface area (Å²) in [5.41, 5.74) is 5.39. The maximum Gasteiger partial charge on any atom is 0.291 e. The highest BCUT2D eigenvalue weighted by molar-refractivity contribution is 5.95. The summed E-state index contributed by atoms with van der Waals surface area (Å²) < 4.78 is 3.23. The molecule has 6 heteroatoms. The average Bonchev–Trinajstić information content (AvgIpc) is 3.17. The Hall–Kier alpha value is -3.41. The summed E-state index contributed by atoms with van der Waals surface area (Å²) >= 11 is 0. The molecule has 2 aromatic carbocycles. The van der Waals surface area contributed by atoms with Crippen LogP contribution in [0.4, 0.5) is 5.69 Å². The third kappa shape index (κ3) is 3.60. The van der Waals surface area contributed by atoms with Crippen molar-refractivity contribution < 1.29 is 4.79 Å². The molecule has 0 saturated carbocycles. The minimum atomic E-state index is -0.694. The monoisotopic (exact) mass is 430 g/mol. The normalized spacial score (nSPS) is 12.4. The second kappa shape index (κ2) is 8.61. The molecular formula is C26H30N4O2. The second-order valence-corrected chi connectivity index (χ2v) is 8.30. The summed E-state index contributed by atoms with van der Waals surface area (Å²) in [6.45, 7) is 9.95. The third-order valence-corrected chi connectivity index (χ3v) is 6.19. The predicted octanol–water partition coefficient (Wildman–Crippen LogP) is 4.98. The highest BCUT2D eigenvalue weighted by Crippen LogP contribution is 2.25. The number of anilines is 1. The fourth-order valence-corrected chi connectivity index (χ4v) is 4.49. The molecule has 1 amide bonds. The van der Waals surface area contributed by atoms with E-state index in [2.05, 4.69) is 30.3 Å². The lowest BCUT2D eigenvalue weighted by atomic mass is 10.0. The summed E-state index contributed by atoms with van der Waals surface area (Å²) in [7, 11) is 0. The molecule has 4 aromatic rings. The Bertz CT molecular complexity index is 1360. The smallest absolute Gasteiger partial charge is 0.291 e. The van der Waals surface area contributed by atoms with Crippen molar-refractivity contribution in [3.05, 3.63) is 75.3 Å². The zero-order valence-electron chi connectivity index (χ0n) is 19.4. The zero-order chi connectivity index (χ0) is 23.0. The van der Waals surface area contributed by atoms with E-state index < -0.39 is 6.04 Å². The first-order valence-corrected chi connectivity index (χ1v) is 11.3. The number of hydrogen-bond donors (Lipinski definition) is 1. The van der Waals surface area contributed by atoms with E-state index in [9.17, 15) is 9.59 Å². The van der Waals surface area contributed by atoms with Crippen LogP contribution in [0.15, 0.2) is 47.3 Å². The van der Waals surface area contributed by atoms with Gasteiger partial charge < -0.3 is 5.32 Å². The molecule has 0 aliphatic heterocycles. The van der Waals surface area contributed by atoms with Crippen LogP contribution in [0.3, 0.4) is 0 Å². The number of hydrogen-bond acceptors (Lipinski definition) is 3. The summed E-state index contributed by atoms with van der Waals surface area (Å²) in [6, 6.07) is 13.4. The minimum Gasteiger partial charge on any atom is -0.324 e. The molecule has 0 saturated heterocycles. The van der Waals surface area contributed by atoms with E-state index in [1.807, 2.05) is 61.6 Å². The number of fused-ring (bicyclic) bond motifs is 3. The Labute approximate surface area is 187 Å². The molecule has 0 fully saturated rings. The van der Waals surface area contributed by atoms with E-state index >= 15 is 0 Å². The molecule has 6 nitrogen and oxygen atoms in total. The van der Waals surface area contributed by atoms with E-state index in [1.54, 1.807) is 0 Å². The molecular weight excluding hydrogens is 400 g/mol. The number of para-hydroxylation sites is 1. The quantitative estimate of drug-likeness (QED) is 0.469. The van der Waals surface area contributed by atoms with E-state index in [1.165, 1.54) is 4.68 Å². The van der Waals surface area contributed by atoms with Crippen molar-refractivity contribution in [2.45, 2.75) is 59.9 Å². The molecule has 0 bridgehead atoms. The maximum atomic E-state index is 13.4. The number of carbonyl (C=O) groups is 1. The molecule has 0 radical (unpaired) electrons. The molecule has 1 unspecified atom stereocenters. The Morgan fingerprint density at radius 1 is 1.00 bits per heavy atom. The number of aryl methyl sites for hydroxylation is 4. The van der Waals surface area contributed by atoms with Crippen molar-refractivity contribution in [3.8, 4) is 0 Å². The van der Waals surface area contributed by atoms with Crippen molar-refractivity contribution in [1.29, 1.82) is 0 Å². The number of carbonyl (C=O) groups excluding carboxylic acids is 1. The van der Waals surface area contributed by atoms with Crippen molar-refractivity contribution in [2.75, 3.05) is 5.32 Å². The van der Waals surface area contributed by atoms with E-state index in [0.29, 0.717) is 17.8 Å². The summed E-state index contributed by atoms with van der Waals surface area (Å²) in [6.07, 6.45) is 2.10. The summed E-state index contributed by atoms with van der Waals surface area (Å²) in [4.78, 5) is 26.8. The summed E-state index contributed by atoms with van der Waals surface area (Å²) in [5, 5.41) is 8.68. The van der Waals surface area contributed by atoms with Gasteiger partial charge in [0.15, 0.2) is 0 Å². The zero-order valence-corrected chi connectivity index (χ0v) is 19.4. The van der Waals surface area contributed by atoms with Crippen molar-refractivity contribution in [2.24, 2.45) is 0 Å². The van der Waals surface area contributed by atoms with Gasteiger partial charge in [0.1, 0.15) is 17.4 Å². The lowest BCUT2D eigenvalue weighted by molar-refractivity contribution is -0.119. The van der Waals surface area contributed by atoms with Crippen molar-refractivity contribution >= 4 is 28.0 Å². The highest BCUT2D eigenvalue weighted by Gasteiger charge is 2.25. The van der Waals surface area contributed by atoms with E-state index in [-0.39, 0.29) is 11.5 Å². The van der Waals surface area contributed by atoms with E-state index in [0.717, 1.165) is 46.1 Å². The van der Waals surface area contributed by atoms with Gasteiger partial charge in [-0.1, -0.05) is 50.6 Å². The van der Waals surface area contributed by atoms with Gasteiger partial charge in [-0.2, -0.15) is 5.10 Å². The molecule has 0 spiro atoms. The minimum absolute atomic E-state index is 0.214. The van der Waals surface area contributed by atoms with Crippen LogP contribution < -0.4 is 10.9 Å². The second-order valence-electron chi connectivity index (χ2n) is 8.30. The van der Waals surface area contributed by atoms with Gasteiger partial charge in [-0.25, -0.2) is 4.68 Å². The van der Waals surface area contributed by atoms with Crippen LogP contribution in [0.5, 0.6) is 0 Å². The predicted molar refractivity (Wildman–Crippen MR) is 130 cm³/mol. The Balaban J connectivity index is 1.81. The van der Waals surface area contributed by atoms with Gasteiger partial charge in [0.2, 0.25) is 5.91 Å². The third-order valence-electron chi connectivity index (χ3n) is 6.19. The molecule has 2 heterocycles.